The summed E-state index contributed by atoms with van der Waals surface area (Å²) >= 11 is 0. The number of nitrogens with zero attached hydrogens (tertiary/aromatic N) is 3. The van der Waals surface area contributed by atoms with Crippen molar-refractivity contribution in [1.29, 1.82) is 0 Å². The summed E-state index contributed by atoms with van der Waals surface area (Å²) in [5.41, 5.74) is 2.38. The van der Waals surface area contributed by atoms with Crippen molar-refractivity contribution >= 4 is 11.8 Å². The fourth-order valence-electron chi connectivity index (χ4n) is 3.23. The van der Waals surface area contributed by atoms with Gasteiger partial charge in [-0.15, -0.1) is 0 Å². The average Bonchev–Trinajstić information content (AvgIpc) is 3.03. The largest absolute Gasteiger partial charge is 0.489 e. The second-order valence-corrected chi connectivity index (χ2v) is 7.39. The molecule has 150 valence electrons. The van der Waals surface area contributed by atoms with Gasteiger partial charge in [-0.1, -0.05) is 19.0 Å². The molecule has 0 saturated carbocycles. The van der Waals surface area contributed by atoms with Crippen molar-refractivity contribution in [3.8, 4) is 5.75 Å². The molecule has 0 bridgehead atoms. The molecule has 7 heteroatoms. The number of piperazine rings is 1. The van der Waals surface area contributed by atoms with Gasteiger partial charge in [-0.3, -0.25) is 9.59 Å². The number of benzene rings is 1. The molecule has 0 aliphatic carbocycles. The molecule has 28 heavy (non-hydrogen) atoms. The smallest absolute Gasteiger partial charge is 0.253 e. The second-order valence-electron chi connectivity index (χ2n) is 7.39. The second kappa shape index (κ2) is 8.46. The SMILES string of the molecule is Cc1noc(C)c1COc1ccc(C(=O)N2CCN(C(=O)C(C)C)CC2)cc1. The van der Waals surface area contributed by atoms with E-state index in [9.17, 15) is 9.59 Å². The normalized spacial score (nSPS) is 14.5. The van der Waals surface area contributed by atoms with Gasteiger partial charge in [-0.25, -0.2) is 0 Å². The number of carbonyl (C=O) groups excluding carboxylic acids is 2. The molecule has 1 saturated heterocycles. The van der Waals surface area contributed by atoms with Gasteiger partial charge in [0.2, 0.25) is 5.91 Å². The molecule has 0 unspecified atom stereocenters. The number of ether oxygens (including phenoxy) is 1. The topological polar surface area (TPSA) is 75.9 Å². The molecule has 0 spiro atoms. The molecule has 2 heterocycles. The standard InChI is InChI=1S/C21H27N3O4/c1-14(2)20(25)23-9-11-24(12-10-23)21(26)17-5-7-18(8-6-17)27-13-19-15(3)22-28-16(19)4/h5-8,14H,9-13H2,1-4H3. The molecule has 0 radical (unpaired) electrons. The van der Waals surface area contributed by atoms with Crippen LogP contribution in [0.25, 0.3) is 0 Å². The molecule has 7 nitrogen and oxygen atoms in total. The highest BCUT2D eigenvalue weighted by Gasteiger charge is 2.25. The van der Waals surface area contributed by atoms with Crippen molar-refractivity contribution in [3.63, 3.8) is 0 Å². The summed E-state index contributed by atoms with van der Waals surface area (Å²) in [5.74, 6) is 1.55. The van der Waals surface area contributed by atoms with Crippen LogP contribution in [0.2, 0.25) is 0 Å². The Labute approximate surface area is 165 Å². The van der Waals surface area contributed by atoms with Crippen LogP contribution >= 0.6 is 0 Å². The van der Waals surface area contributed by atoms with Crippen LogP contribution in [0.3, 0.4) is 0 Å². The number of amides is 2. The van der Waals surface area contributed by atoms with Gasteiger partial charge in [-0.2, -0.15) is 0 Å². The lowest BCUT2D eigenvalue weighted by Gasteiger charge is -2.35. The van der Waals surface area contributed by atoms with E-state index in [4.69, 9.17) is 9.26 Å². The maximum atomic E-state index is 12.7. The zero-order chi connectivity index (χ0) is 20.3. The highest BCUT2D eigenvalue weighted by molar-refractivity contribution is 5.94. The summed E-state index contributed by atoms with van der Waals surface area (Å²) in [5, 5.41) is 3.91. The van der Waals surface area contributed by atoms with Gasteiger partial charge in [0.25, 0.3) is 5.91 Å². The summed E-state index contributed by atoms with van der Waals surface area (Å²) in [6.07, 6.45) is 0. The van der Waals surface area contributed by atoms with Crippen molar-refractivity contribution in [2.45, 2.75) is 34.3 Å². The predicted octanol–water partition coefficient (Wildman–Crippen LogP) is 2.81. The number of hydrogen-bond acceptors (Lipinski definition) is 5. The van der Waals surface area contributed by atoms with Gasteiger partial charge in [-0.05, 0) is 38.1 Å². The van der Waals surface area contributed by atoms with Gasteiger partial charge in [0.05, 0.1) is 11.3 Å². The highest BCUT2D eigenvalue weighted by atomic mass is 16.5. The number of rotatable bonds is 5. The van der Waals surface area contributed by atoms with Crippen LogP contribution in [-0.4, -0.2) is 52.9 Å². The van der Waals surface area contributed by atoms with E-state index in [1.165, 1.54) is 0 Å². The van der Waals surface area contributed by atoms with Crippen molar-refractivity contribution in [2.75, 3.05) is 26.2 Å². The highest BCUT2D eigenvalue weighted by Crippen LogP contribution is 2.19. The quantitative estimate of drug-likeness (QED) is 0.791. The van der Waals surface area contributed by atoms with Crippen LogP contribution in [-0.2, 0) is 11.4 Å². The van der Waals surface area contributed by atoms with E-state index < -0.39 is 0 Å². The maximum absolute atomic E-state index is 12.7. The van der Waals surface area contributed by atoms with Gasteiger partial charge < -0.3 is 19.1 Å². The number of carbonyl (C=O) groups is 2. The Kier molecular flexibility index (Phi) is 6.02. The zero-order valence-corrected chi connectivity index (χ0v) is 16.9. The molecular weight excluding hydrogens is 358 g/mol. The van der Waals surface area contributed by atoms with E-state index in [1.807, 2.05) is 32.6 Å². The average molecular weight is 385 g/mol. The number of aryl methyl sites for hydroxylation is 2. The lowest BCUT2D eigenvalue weighted by atomic mass is 10.1. The first-order valence-corrected chi connectivity index (χ1v) is 9.59. The van der Waals surface area contributed by atoms with Crippen LogP contribution < -0.4 is 4.74 Å². The third-order valence-corrected chi connectivity index (χ3v) is 5.04. The van der Waals surface area contributed by atoms with Crippen molar-refractivity contribution in [2.24, 2.45) is 5.92 Å². The zero-order valence-electron chi connectivity index (χ0n) is 16.9. The first kappa shape index (κ1) is 19.9. The summed E-state index contributed by atoms with van der Waals surface area (Å²) < 4.78 is 10.9. The number of aromatic nitrogens is 1. The Bertz CT molecular complexity index is 814. The monoisotopic (exact) mass is 385 g/mol. The third-order valence-electron chi connectivity index (χ3n) is 5.04. The Hall–Kier alpha value is -2.83. The molecule has 1 fully saturated rings. The first-order valence-electron chi connectivity index (χ1n) is 9.59. The first-order chi connectivity index (χ1) is 13.4. The summed E-state index contributed by atoms with van der Waals surface area (Å²) in [6, 6.07) is 7.14. The van der Waals surface area contributed by atoms with E-state index in [2.05, 4.69) is 5.16 Å². The van der Waals surface area contributed by atoms with E-state index in [1.54, 1.807) is 29.2 Å². The molecule has 0 atom stereocenters. The van der Waals surface area contributed by atoms with E-state index in [0.717, 1.165) is 17.0 Å². The third kappa shape index (κ3) is 4.35. The molecule has 3 rings (SSSR count). The minimum atomic E-state index is -0.0195. The minimum absolute atomic E-state index is 0.0137. The molecule has 1 aromatic heterocycles. The fraction of sp³-hybridized carbons (Fsp3) is 0.476. The van der Waals surface area contributed by atoms with Gasteiger partial charge in [0, 0.05) is 37.7 Å². The molecule has 1 aromatic carbocycles. The van der Waals surface area contributed by atoms with Crippen LogP contribution in [0.1, 0.15) is 41.2 Å². The molecule has 0 N–H and O–H groups in total. The summed E-state index contributed by atoms with van der Waals surface area (Å²) in [6.45, 7) is 10.2. The van der Waals surface area contributed by atoms with E-state index in [0.29, 0.717) is 44.1 Å². The van der Waals surface area contributed by atoms with Gasteiger partial charge >= 0.3 is 0 Å². The Morgan fingerprint density at radius 2 is 1.68 bits per heavy atom. The molecular formula is C21H27N3O4. The Balaban J connectivity index is 1.55. The van der Waals surface area contributed by atoms with Crippen LogP contribution in [0.4, 0.5) is 0 Å². The minimum Gasteiger partial charge on any atom is -0.489 e. The van der Waals surface area contributed by atoms with Crippen molar-refractivity contribution in [3.05, 3.63) is 46.8 Å². The Morgan fingerprint density at radius 3 is 2.21 bits per heavy atom. The lowest BCUT2D eigenvalue weighted by Crippen LogP contribution is -2.51. The maximum Gasteiger partial charge on any atom is 0.253 e. The van der Waals surface area contributed by atoms with E-state index >= 15 is 0 Å². The molecule has 2 amide bonds. The van der Waals surface area contributed by atoms with Crippen molar-refractivity contribution < 1.29 is 18.8 Å². The fourth-order valence-corrected chi connectivity index (χ4v) is 3.23. The van der Waals surface area contributed by atoms with Crippen LogP contribution in [0, 0.1) is 19.8 Å². The van der Waals surface area contributed by atoms with E-state index in [-0.39, 0.29) is 17.7 Å². The molecule has 1 aliphatic heterocycles. The summed E-state index contributed by atoms with van der Waals surface area (Å²) in [4.78, 5) is 28.4. The molecule has 2 aromatic rings. The predicted molar refractivity (Wildman–Crippen MR) is 104 cm³/mol. The van der Waals surface area contributed by atoms with Gasteiger partial charge in [0.15, 0.2) is 0 Å². The Morgan fingerprint density at radius 1 is 1.07 bits per heavy atom. The van der Waals surface area contributed by atoms with Gasteiger partial charge in [0.1, 0.15) is 18.1 Å². The van der Waals surface area contributed by atoms with Crippen LogP contribution in [0.5, 0.6) is 5.75 Å². The molecule has 1 aliphatic rings. The van der Waals surface area contributed by atoms with Crippen molar-refractivity contribution in [1.82, 2.24) is 15.0 Å². The number of hydrogen-bond donors (Lipinski definition) is 0. The summed E-state index contributed by atoms with van der Waals surface area (Å²) in [7, 11) is 0. The lowest BCUT2D eigenvalue weighted by molar-refractivity contribution is -0.135. The van der Waals surface area contributed by atoms with Crippen LogP contribution in [0.15, 0.2) is 28.8 Å².